The molecule has 0 atom stereocenters. The number of amides is 1. The number of benzene rings is 2. The number of para-hydroxylation sites is 2. The van der Waals surface area contributed by atoms with Crippen molar-refractivity contribution in [3.8, 4) is 0 Å². The number of carbonyl (C=O) groups is 1. The van der Waals surface area contributed by atoms with Crippen LogP contribution in [0.15, 0.2) is 42.5 Å². The van der Waals surface area contributed by atoms with E-state index in [-0.39, 0.29) is 12.1 Å². The number of carbonyl (C=O) groups excluding carboxylic acids is 1. The SMILES string of the molecule is CN(C)CCn1c(CCNC(=O)c2cc([N+](=O)[O-])cc([N+](=O)[O-])c2)nc2ccccc21. The van der Waals surface area contributed by atoms with E-state index >= 15 is 0 Å². The molecule has 1 aromatic heterocycles. The highest BCUT2D eigenvalue weighted by Gasteiger charge is 2.20. The van der Waals surface area contributed by atoms with Gasteiger partial charge in [0.15, 0.2) is 0 Å². The summed E-state index contributed by atoms with van der Waals surface area (Å²) in [6, 6.07) is 10.6. The zero-order valence-corrected chi connectivity index (χ0v) is 17.1. The maximum absolute atomic E-state index is 12.5. The molecule has 0 radical (unpaired) electrons. The van der Waals surface area contributed by atoms with E-state index in [1.54, 1.807) is 0 Å². The van der Waals surface area contributed by atoms with Crippen molar-refractivity contribution in [3.63, 3.8) is 0 Å². The second kappa shape index (κ2) is 9.30. The van der Waals surface area contributed by atoms with Crippen LogP contribution in [0.4, 0.5) is 11.4 Å². The molecule has 0 spiro atoms. The van der Waals surface area contributed by atoms with Gasteiger partial charge in [-0.25, -0.2) is 4.98 Å². The molecule has 1 heterocycles. The van der Waals surface area contributed by atoms with E-state index in [4.69, 9.17) is 0 Å². The quantitative estimate of drug-likeness (QED) is 0.410. The highest BCUT2D eigenvalue weighted by atomic mass is 16.6. The number of rotatable bonds is 9. The van der Waals surface area contributed by atoms with Gasteiger partial charge in [-0.05, 0) is 26.2 Å². The summed E-state index contributed by atoms with van der Waals surface area (Å²) in [6.07, 6.45) is 0.435. The van der Waals surface area contributed by atoms with Crippen molar-refractivity contribution in [2.75, 3.05) is 27.2 Å². The highest BCUT2D eigenvalue weighted by Crippen LogP contribution is 2.22. The van der Waals surface area contributed by atoms with Gasteiger partial charge in [0, 0.05) is 38.2 Å². The molecule has 0 saturated heterocycles. The predicted octanol–water partition coefficient (Wildman–Crippen LogP) is 2.39. The molecule has 1 amide bonds. The molecule has 0 aliphatic carbocycles. The molecular formula is C20H22N6O5. The van der Waals surface area contributed by atoms with Gasteiger partial charge < -0.3 is 14.8 Å². The van der Waals surface area contributed by atoms with E-state index in [1.165, 1.54) is 0 Å². The fraction of sp³-hybridized carbons (Fsp3) is 0.300. The fourth-order valence-electron chi connectivity index (χ4n) is 3.19. The monoisotopic (exact) mass is 426 g/mol. The largest absolute Gasteiger partial charge is 0.352 e. The van der Waals surface area contributed by atoms with Crippen molar-refractivity contribution in [1.29, 1.82) is 0 Å². The third kappa shape index (κ3) is 5.20. The lowest BCUT2D eigenvalue weighted by Gasteiger charge is -2.13. The number of likely N-dealkylation sites (N-methyl/N-ethyl adjacent to an activating group) is 1. The first-order chi connectivity index (χ1) is 14.8. The number of fused-ring (bicyclic) bond motifs is 1. The molecule has 0 aliphatic rings. The van der Waals surface area contributed by atoms with Crippen molar-refractivity contribution in [2.24, 2.45) is 0 Å². The van der Waals surface area contributed by atoms with E-state index in [0.29, 0.717) is 6.42 Å². The van der Waals surface area contributed by atoms with Crippen LogP contribution in [0.25, 0.3) is 11.0 Å². The Bertz CT molecular complexity index is 1110. The van der Waals surface area contributed by atoms with Crippen molar-refractivity contribution in [1.82, 2.24) is 19.8 Å². The van der Waals surface area contributed by atoms with Crippen LogP contribution in [0.2, 0.25) is 0 Å². The van der Waals surface area contributed by atoms with Crippen LogP contribution in [-0.4, -0.2) is 57.4 Å². The number of aromatic nitrogens is 2. The Labute approximate surface area is 177 Å². The van der Waals surface area contributed by atoms with Crippen LogP contribution in [-0.2, 0) is 13.0 Å². The minimum Gasteiger partial charge on any atom is -0.352 e. The molecular weight excluding hydrogens is 404 g/mol. The molecule has 0 saturated carbocycles. The summed E-state index contributed by atoms with van der Waals surface area (Å²) in [5.41, 5.74) is 0.702. The predicted molar refractivity (Wildman–Crippen MR) is 114 cm³/mol. The highest BCUT2D eigenvalue weighted by molar-refractivity contribution is 5.95. The van der Waals surface area contributed by atoms with Gasteiger partial charge in [-0.1, -0.05) is 12.1 Å². The third-order valence-corrected chi connectivity index (χ3v) is 4.72. The summed E-state index contributed by atoms with van der Waals surface area (Å²) in [6.45, 7) is 1.77. The topological polar surface area (TPSA) is 136 Å². The van der Waals surface area contributed by atoms with Gasteiger partial charge in [-0.2, -0.15) is 0 Å². The molecule has 0 aliphatic heterocycles. The van der Waals surface area contributed by atoms with Crippen molar-refractivity contribution in [2.45, 2.75) is 13.0 Å². The van der Waals surface area contributed by atoms with E-state index in [2.05, 4.69) is 19.8 Å². The summed E-state index contributed by atoms with van der Waals surface area (Å²) >= 11 is 0. The second-order valence-electron chi connectivity index (χ2n) is 7.23. The van der Waals surface area contributed by atoms with E-state index in [0.717, 1.165) is 48.1 Å². The molecule has 31 heavy (non-hydrogen) atoms. The van der Waals surface area contributed by atoms with Gasteiger partial charge in [-0.15, -0.1) is 0 Å². The number of nitro benzene ring substituents is 2. The number of hydrogen-bond acceptors (Lipinski definition) is 7. The van der Waals surface area contributed by atoms with Crippen molar-refractivity contribution >= 4 is 28.3 Å². The lowest BCUT2D eigenvalue weighted by molar-refractivity contribution is -0.394. The van der Waals surface area contributed by atoms with Crippen LogP contribution < -0.4 is 5.32 Å². The molecule has 162 valence electrons. The Hall–Kier alpha value is -3.86. The molecule has 0 bridgehead atoms. The van der Waals surface area contributed by atoms with Crippen LogP contribution in [0, 0.1) is 20.2 Å². The summed E-state index contributed by atoms with van der Waals surface area (Å²) in [4.78, 5) is 39.7. The molecule has 0 fully saturated rings. The molecule has 3 rings (SSSR count). The minimum atomic E-state index is -0.767. The second-order valence-corrected chi connectivity index (χ2v) is 7.23. The summed E-state index contributed by atoms with van der Waals surface area (Å²) in [7, 11) is 3.97. The van der Waals surface area contributed by atoms with Gasteiger partial charge in [0.1, 0.15) is 5.82 Å². The van der Waals surface area contributed by atoms with E-state index in [1.807, 2.05) is 38.4 Å². The molecule has 3 aromatic rings. The first-order valence-corrected chi connectivity index (χ1v) is 9.57. The van der Waals surface area contributed by atoms with Gasteiger partial charge >= 0.3 is 0 Å². The number of imidazole rings is 1. The van der Waals surface area contributed by atoms with E-state index < -0.39 is 27.1 Å². The number of non-ortho nitro benzene ring substituents is 2. The average molecular weight is 426 g/mol. The number of nitrogens with one attached hydrogen (secondary N) is 1. The zero-order valence-electron chi connectivity index (χ0n) is 17.1. The maximum atomic E-state index is 12.5. The molecule has 1 N–H and O–H groups in total. The van der Waals surface area contributed by atoms with Gasteiger partial charge in [0.25, 0.3) is 17.3 Å². The lowest BCUT2D eigenvalue weighted by Crippen LogP contribution is -2.27. The van der Waals surface area contributed by atoms with E-state index in [9.17, 15) is 25.0 Å². The number of nitro groups is 2. The van der Waals surface area contributed by atoms with Crippen LogP contribution in [0.3, 0.4) is 0 Å². The van der Waals surface area contributed by atoms with Crippen LogP contribution in [0.1, 0.15) is 16.2 Å². The molecule has 2 aromatic carbocycles. The minimum absolute atomic E-state index is 0.137. The smallest absolute Gasteiger partial charge is 0.277 e. The molecule has 0 unspecified atom stereocenters. The lowest BCUT2D eigenvalue weighted by atomic mass is 10.1. The standard InChI is InChI=1S/C20H22N6O5/c1-23(2)9-10-24-18-6-4-3-5-17(18)22-19(24)7-8-21-20(27)14-11-15(25(28)29)13-16(12-14)26(30)31/h3-6,11-13H,7-10H2,1-2H3,(H,21,27). The normalized spacial score (nSPS) is 11.1. The first-order valence-electron chi connectivity index (χ1n) is 9.57. The molecule has 11 nitrogen and oxygen atoms in total. The molecule has 11 heteroatoms. The third-order valence-electron chi connectivity index (χ3n) is 4.72. The first kappa shape index (κ1) is 21.8. The van der Waals surface area contributed by atoms with Gasteiger partial charge in [-0.3, -0.25) is 25.0 Å². The Kier molecular flexibility index (Phi) is 6.55. The van der Waals surface area contributed by atoms with Crippen molar-refractivity contribution in [3.05, 3.63) is 74.1 Å². The summed E-state index contributed by atoms with van der Waals surface area (Å²) in [5, 5.41) is 24.7. The van der Waals surface area contributed by atoms with Gasteiger partial charge in [0.05, 0.1) is 32.5 Å². The fourth-order valence-corrected chi connectivity index (χ4v) is 3.19. The summed E-state index contributed by atoms with van der Waals surface area (Å²) in [5.74, 6) is 0.177. The van der Waals surface area contributed by atoms with Gasteiger partial charge in [0.2, 0.25) is 0 Å². The maximum Gasteiger partial charge on any atom is 0.277 e. The Morgan fingerprint density at radius 1 is 1.10 bits per heavy atom. The number of nitrogens with zero attached hydrogens (tertiary/aromatic N) is 5. The Morgan fingerprint density at radius 2 is 1.74 bits per heavy atom. The summed E-state index contributed by atoms with van der Waals surface area (Å²) < 4.78 is 2.10. The number of hydrogen-bond donors (Lipinski definition) is 1. The van der Waals surface area contributed by atoms with Crippen LogP contribution >= 0.6 is 0 Å². The van der Waals surface area contributed by atoms with Crippen molar-refractivity contribution < 1.29 is 14.6 Å². The Morgan fingerprint density at radius 3 is 2.35 bits per heavy atom. The Balaban J connectivity index is 1.75. The van der Waals surface area contributed by atoms with Crippen LogP contribution in [0.5, 0.6) is 0 Å². The average Bonchev–Trinajstić information content (AvgIpc) is 3.09. The zero-order chi connectivity index (χ0) is 22.5.